The van der Waals surface area contributed by atoms with Crippen LogP contribution < -0.4 is 9.64 Å². The molecule has 0 amide bonds. The van der Waals surface area contributed by atoms with Crippen molar-refractivity contribution >= 4 is 11.7 Å². The number of hydrogen-bond acceptors (Lipinski definition) is 8. The number of hydrogen-bond donors (Lipinski definition) is 1. The average molecular weight is 564 g/mol. The number of piperidine rings is 1. The van der Waals surface area contributed by atoms with Crippen LogP contribution >= 0.6 is 0 Å². The number of pyridine rings is 1. The van der Waals surface area contributed by atoms with E-state index >= 15 is 0 Å². The van der Waals surface area contributed by atoms with Gasteiger partial charge in [-0.25, -0.2) is 32.2 Å². The third-order valence-corrected chi connectivity index (χ3v) is 7.26. The number of aliphatic carboxylic acids is 1. The van der Waals surface area contributed by atoms with Crippen LogP contribution in [0.15, 0.2) is 24.4 Å². The molecule has 1 aliphatic carbocycles. The lowest BCUT2D eigenvalue weighted by atomic mass is 9.79. The minimum Gasteiger partial charge on any atom is -0.481 e. The van der Waals surface area contributed by atoms with Crippen molar-refractivity contribution in [3.8, 4) is 17.4 Å². The Labute approximate surface area is 227 Å². The van der Waals surface area contributed by atoms with Crippen LogP contribution in [-0.2, 0) is 24.9 Å². The van der Waals surface area contributed by atoms with Crippen molar-refractivity contribution in [1.82, 2.24) is 29.9 Å². The van der Waals surface area contributed by atoms with Gasteiger partial charge in [-0.3, -0.25) is 4.79 Å². The Kier molecular flexibility index (Phi) is 7.36. The summed E-state index contributed by atoms with van der Waals surface area (Å²) in [6.07, 6.45) is 0.608. The molecule has 3 aromatic heterocycles. The van der Waals surface area contributed by atoms with Gasteiger partial charge in [-0.05, 0) is 30.5 Å². The fourth-order valence-corrected chi connectivity index (χ4v) is 5.34. The maximum Gasteiger partial charge on any atom is 0.316 e. The van der Waals surface area contributed by atoms with E-state index in [9.17, 15) is 22.4 Å². The summed E-state index contributed by atoms with van der Waals surface area (Å²) in [4.78, 5) is 25.7. The minimum absolute atomic E-state index is 0.0246. The van der Waals surface area contributed by atoms with Gasteiger partial charge in [-0.1, -0.05) is 12.1 Å². The molecule has 3 aromatic rings. The summed E-state index contributed by atoms with van der Waals surface area (Å²) in [5.41, 5.74) is 3.02. The maximum atomic E-state index is 14.5. The highest BCUT2D eigenvalue weighted by atomic mass is 19.3. The molecule has 214 valence electrons. The number of alkyl halides is 4. The standard InChI is InChI=1S/C26H29F4N7O3/c1-3-17-20(37-12-15(8-22(38)39)9-26(29,30)14-37)5-4-19(32-17)23-21(36(2)35-34-23)13-40-24-31-7-6-18(33-24)16-10-25(27,28)11-16/h4-7,15-16H,3,8-14H2,1-2H3,(H,38,39). The van der Waals surface area contributed by atoms with E-state index in [-0.39, 0.29) is 44.3 Å². The van der Waals surface area contributed by atoms with Crippen LogP contribution in [0.3, 0.4) is 0 Å². The maximum absolute atomic E-state index is 14.5. The van der Waals surface area contributed by atoms with Crippen molar-refractivity contribution in [2.75, 3.05) is 18.0 Å². The Balaban J connectivity index is 1.34. The van der Waals surface area contributed by atoms with E-state index in [1.165, 1.54) is 15.8 Å². The lowest BCUT2D eigenvalue weighted by Crippen LogP contribution is -2.48. The highest BCUT2D eigenvalue weighted by Gasteiger charge is 2.46. The molecule has 0 radical (unpaired) electrons. The first kappa shape index (κ1) is 27.7. The van der Waals surface area contributed by atoms with Gasteiger partial charge in [0.1, 0.15) is 18.0 Å². The van der Waals surface area contributed by atoms with E-state index in [1.807, 2.05) is 6.92 Å². The molecule has 2 aliphatic rings. The molecule has 0 aromatic carbocycles. The van der Waals surface area contributed by atoms with Crippen molar-refractivity contribution < 1.29 is 32.2 Å². The molecule has 1 atom stereocenters. The molecule has 1 saturated heterocycles. The number of ether oxygens (including phenoxy) is 1. The van der Waals surface area contributed by atoms with Gasteiger partial charge >= 0.3 is 12.0 Å². The quantitative estimate of drug-likeness (QED) is 0.381. The number of carboxylic acid groups (broad SMARTS) is 1. The van der Waals surface area contributed by atoms with Crippen LogP contribution in [0, 0.1) is 5.92 Å². The highest BCUT2D eigenvalue weighted by Crippen LogP contribution is 2.47. The van der Waals surface area contributed by atoms with Crippen molar-refractivity contribution in [2.45, 2.75) is 63.4 Å². The number of carbonyl (C=O) groups is 1. The molecule has 1 N–H and O–H groups in total. The molecular weight excluding hydrogens is 534 g/mol. The van der Waals surface area contributed by atoms with Gasteiger partial charge in [-0.15, -0.1) is 5.10 Å². The topological polar surface area (TPSA) is 119 Å². The Bertz CT molecular complexity index is 1390. The zero-order valence-electron chi connectivity index (χ0n) is 22.0. The number of anilines is 1. The first-order chi connectivity index (χ1) is 18.9. The Morgan fingerprint density at radius 3 is 2.60 bits per heavy atom. The molecule has 2 fully saturated rings. The van der Waals surface area contributed by atoms with Crippen LogP contribution in [0.25, 0.3) is 11.4 Å². The number of aromatic nitrogens is 6. The fourth-order valence-electron chi connectivity index (χ4n) is 5.34. The third kappa shape index (κ3) is 5.99. The molecule has 1 aliphatic heterocycles. The largest absolute Gasteiger partial charge is 0.481 e. The Morgan fingerprint density at radius 1 is 1.12 bits per heavy atom. The summed E-state index contributed by atoms with van der Waals surface area (Å²) >= 11 is 0. The van der Waals surface area contributed by atoms with Gasteiger partial charge < -0.3 is 14.7 Å². The van der Waals surface area contributed by atoms with Crippen LogP contribution in [0.2, 0.25) is 0 Å². The number of carboxylic acids is 1. The Morgan fingerprint density at radius 2 is 1.90 bits per heavy atom. The molecule has 40 heavy (non-hydrogen) atoms. The molecule has 10 nitrogen and oxygen atoms in total. The predicted octanol–water partition coefficient (Wildman–Crippen LogP) is 4.26. The van der Waals surface area contributed by atoms with E-state index in [1.54, 1.807) is 25.2 Å². The molecule has 1 saturated carbocycles. The Hall–Kier alpha value is -3.84. The molecule has 14 heteroatoms. The van der Waals surface area contributed by atoms with Crippen molar-refractivity contribution in [3.05, 3.63) is 41.5 Å². The van der Waals surface area contributed by atoms with Gasteiger partial charge in [0.05, 0.1) is 35.7 Å². The van der Waals surface area contributed by atoms with Gasteiger partial charge in [0.25, 0.3) is 5.92 Å². The van der Waals surface area contributed by atoms with Crippen LogP contribution in [0.5, 0.6) is 6.01 Å². The van der Waals surface area contributed by atoms with Gasteiger partial charge in [-0.2, -0.15) is 4.98 Å². The number of rotatable bonds is 9. The van der Waals surface area contributed by atoms with E-state index in [0.29, 0.717) is 40.6 Å². The van der Waals surface area contributed by atoms with Crippen molar-refractivity contribution in [2.24, 2.45) is 13.0 Å². The zero-order valence-corrected chi connectivity index (χ0v) is 22.0. The molecule has 1 unspecified atom stereocenters. The predicted molar refractivity (Wildman–Crippen MR) is 134 cm³/mol. The minimum atomic E-state index is -3.02. The monoisotopic (exact) mass is 563 g/mol. The van der Waals surface area contributed by atoms with Gasteiger partial charge in [0.15, 0.2) is 0 Å². The lowest BCUT2D eigenvalue weighted by Gasteiger charge is -2.39. The third-order valence-electron chi connectivity index (χ3n) is 7.26. The average Bonchev–Trinajstić information content (AvgIpc) is 3.24. The lowest BCUT2D eigenvalue weighted by molar-refractivity contribution is -0.139. The first-order valence-corrected chi connectivity index (χ1v) is 13.0. The molecule has 0 spiro atoms. The van der Waals surface area contributed by atoms with Crippen LogP contribution in [-0.4, -0.2) is 66.0 Å². The number of aryl methyl sites for hydroxylation is 2. The molecular formula is C26H29F4N7O3. The second-order valence-electron chi connectivity index (χ2n) is 10.4. The summed E-state index contributed by atoms with van der Waals surface area (Å²) in [5.74, 6) is -7.82. The van der Waals surface area contributed by atoms with Crippen LogP contribution in [0.1, 0.15) is 55.6 Å². The van der Waals surface area contributed by atoms with Crippen LogP contribution in [0.4, 0.5) is 23.2 Å². The van der Waals surface area contributed by atoms with E-state index in [0.717, 1.165) is 0 Å². The zero-order chi connectivity index (χ0) is 28.7. The van der Waals surface area contributed by atoms with E-state index in [4.69, 9.17) is 14.8 Å². The number of nitrogens with zero attached hydrogens (tertiary/aromatic N) is 7. The summed E-state index contributed by atoms with van der Waals surface area (Å²) in [6.45, 7) is 1.51. The second kappa shape index (κ2) is 10.6. The van der Waals surface area contributed by atoms with Gasteiger partial charge in [0.2, 0.25) is 5.92 Å². The fraction of sp³-hybridized carbons (Fsp3) is 0.538. The van der Waals surface area contributed by atoms with E-state index < -0.39 is 36.7 Å². The van der Waals surface area contributed by atoms with Crippen molar-refractivity contribution in [3.63, 3.8) is 0 Å². The van der Waals surface area contributed by atoms with E-state index in [2.05, 4.69) is 20.3 Å². The smallest absolute Gasteiger partial charge is 0.316 e. The summed E-state index contributed by atoms with van der Waals surface area (Å²) in [7, 11) is 1.68. The summed E-state index contributed by atoms with van der Waals surface area (Å²) < 4.78 is 62.8. The summed E-state index contributed by atoms with van der Waals surface area (Å²) in [5, 5.41) is 17.4. The normalized spacial score (nSPS) is 20.2. The number of halogens is 4. The highest BCUT2D eigenvalue weighted by molar-refractivity contribution is 5.67. The first-order valence-electron chi connectivity index (χ1n) is 13.0. The molecule has 5 rings (SSSR count). The molecule has 4 heterocycles. The second-order valence-corrected chi connectivity index (χ2v) is 10.4. The molecule has 0 bridgehead atoms. The van der Waals surface area contributed by atoms with Crippen molar-refractivity contribution in [1.29, 1.82) is 0 Å². The SMILES string of the molecule is CCc1nc(-c2nnn(C)c2COc2nccc(C3CC(F)(F)C3)n2)ccc1N1CC(CC(=O)O)CC(F)(F)C1. The van der Waals surface area contributed by atoms with Gasteiger partial charge in [0, 0.05) is 45.0 Å². The summed E-state index contributed by atoms with van der Waals surface area (Å²) in [6, 6.07) is 5.00.